The minimum atomic E-state index is -4.44. The molecule has 4 N–H and O–H groups in total. The average molecular weight is 556 g/mol. The van der Waals surface area contributed by atoms with Gasteiger partial charge in [0.15, 0.2) is 0 Å². The number of ether oxygens (including phenoxy) is 1. The number of likely N-dealkylation sites (tertiary alicyclic amines) is 1. The first-order valence-corrected chi connectivity index (χ1v) is 12.6. The van der Waals surface area contributed by atoms with E-state index in [1.165, 1.54) is 6.07 Å². The van der Waals surface area contributed by atoms with Gasteiger partial charge in [0.05, 0.1) is 29.6 Å². The van der Waals surface area contributed by atoms with E-state index >= 15 is 0 Å². The lowest BCUT2D eigenvalue weighted by Gasteiger charge is -2.24. The number of benzene rings is 2. The summed E-state index contributed by atoms with van der Waals surface area (Å²) in [6.07, 6.45) is -3.74. The van der Waals surface area contributed by atoms with E-state index in [1.807, 2.05) is 0 Å². The van der Waals surface area contributed by atoms with Gasteiger partial charge < -0.3 is 20.5 Å². The fraction of sp³-hybridized carbons (Fsp3) is 0.321. The molecule has 0 unspecified atom stereocenters. The van der Waals surface area contributed by atoms with Gasteiger partial charge in [0, 0.05) is 23.7 Å². The number of amidine groups is 1. The number of carbonyl (C=O) groups is 2. The van der Waals surface area contributed by atoms with Gasteiger partial charge in [-0.3, -0.25) is 15.0 Å². The van der Waals surface area contributed by atoms with Crippen LogP contribution in [0.3, 0.4) is 0 Å². The Bertz CT molecular complexity index is 1360. The summed E-state index contributed by atoms with van der Waals surface area (Å²) in [6, 6.07) is 14.9. The fourth-order valence-corrected chi connectivity index (χ4v) is 4.71. The van der Waals surface area contributed by atoms with Crippen molar-refractivity contribution in [2.45, 2.75) is 37.9 Å². The number of rotatable bonds is 11. The normalized spacial score (nSPS) is 17.2. The zero-order valence-electron chi connectivity index (χ0n) is 21.4. The minimum Gasteiger partial charge on any atom is -0.481 e. The highest BCUT2D eigenvalue weighted by Gasteiger charge is 2.40. The standard InChI is InChI=1S/C28H28F3N5O4/c29-28(30,31)21-5-1-3-17(13-21)4-2-12-36-22(14-20(27(36)39)15-25(37)38)16-40-24-11-10-23(34-35-24)18-6-8-19(9-7-18)26(32)33/h1,3,5-11,13,20,22H,2,4,12,14-16H2,(H3,32,33)(H,37,38)/t20-,22-/m0/s1. The first-order valence-electron chi connectivity index (χ1n) is 12.6. The van der Waals surface area contributed by atoms with E-state index in [0.717, 1.165) is 17.7 Å². The molecule has 0 saturated carbocycles. The highest BCUT2D eigenvalue weighted by Crippen LogP contribution is 2.31. The lowest BCUT2D eigenvalue weighted by Crippen LogP contribution is -2.38. The van der Waals surface area contributed by atoms with Gasteiger partial charge in [-0.15, -0.1) is 10.2 Å². The zero-order valence-corrected chi connectivity index (χ0v) is 21.4. The van der Waals surface area contributed by atoms with E-state index in [4.69, 9.17) is 15.9 Å². The molecule has 9 nitrogen and oxygen atoms in total. The molecule has 1 aliphatic rings. The molecule has 40 heavy (non-hydrogen) atoms. The number of carboxylic acids is 1. The average Bonchev–Trinajstić information content (AvgIpc) is 3.21. The molecule has 2 atom stereocenters. The number of hydrogen-bond acceptors (Lipinski definition) is 6. The number of hydrogen-bond donors (Lipinski definition) is 3. The Kier molecular flexibility index (Phi) is 8.66. The van der Waals surface area contributed by atoms with Gasteiger partial charge in [0.25, 0.3) is 0 Å². The summed E-state index contributed by atoms with van der Waals surface area (Å²) >= 11 is 0. The van der Waals surface area contributed by atoms with Gasteiger partial charge >= 0.3 is 12.1 Å². The van der Waals surface area contributed by atoms with Crippen molar-refractivity contribution >= 4 is 17.7 Å². The molecule has 0 spiro atoms. The number of aryl methyl sites for hydroxylation is 1. The van der Waals surface area contributed by atoms with Crippen molar-refractivity contribution in [3.63, 3.8) is 0 Å². The third-order valence-electron chi connectivity index (χ3n) is 6.72. The number of alkyl halides is 3. The van der Waals surface area contributed by atoms with E-state index in [1.54, 1.807) is 47.4 Å². The van der Waals surface area contributed by atoms with Gasteiger partial charge in [-0.25, -0.2) is 0 Å². The SMILES string of the molecule is N=C(N)c1ccc(-c2ccc(OC[C@@H]3C[C@@H](CC(=O)O)C(=O)N3CCCc3cccc(C(F)(F)F)c3)nn2)cc1. The van der Waals surface area contributed by atoms with Crippen molar-refractivity contribution in [3.8, 4) is 17.1 Å². The second kappa shape index (κ2) is 12.1. The molecule has 1 saturated heterocycles. The highest BCUT2D eigenvalue weighted by molar-refractivity contribution is 5.95. The fourth-order valence-electron chi connectivity index (χ4n) is 4.71. The Balaban J connectivity index is 1.38. The summed E-state index contributed by atoms with van der Waals surface area (Å²) < 4.78 is 44.9. The van der Waals surface area contributed by atoms with Crippen LogP contribution in [0.15, 0.2) is 60.7 Å². The molecule has 1 aliphatic heterocycles. The van der Waals surface area contributed by atoms with E-state index in [-0.39, 0.29) is 43.6 Å². The number of nitrogens with one attached hydrogen (secondary N) is 1. The minimum absolute atomic E-state index is 0.0397. The lowest BCUT2D eigenvalue weighted by molar-refractivity contribution is -0.142. The van der Waals surface area contributed by atoms with Crippen molar-refractivity contribution in [2.24, 2.45) is 11.7 Å². The molecule has 2 aromatic carbocycles. The van der Waals surface area contributed by atoms with Crippen molar-refractivity contribution in [3.05, 3.63) is 77.4 Å². The quantitative estimate of drug-likeness (QED) is 0.238. The van der Waals surface area contributed by atoms with Crippen LogP contribution in [0.2, 0.25) is 0 Å². The number of nitrogens with two attached hydrogens (primary N) is 1. The number of nitrogen functional groups attached to an aromatic ring is 1. The first-order chi connectivity index (χ1) is 19.0. The predicted molar refractivity (Wildman–Crippen MR) is 140 cm³/mol. The van der Waals surface area contributed by atoms with E-state index in [0.29, 0.717) is 29.7 Å². The van der Waals surface area contributed by atoms with Crippen molar-refractivity contribution in [1.29, 1.82) is 5.41 Å². The van der Waals surface area contributed by atoms with Crippen LogP contribution in [0.5, 0.6) is 5.88 Å². The number of aliphatic carboxylic acids is 1. The number of nitrogens with zero attached hydrogens (tertiary/aromatic N) is 3. The van der Waals surface area contributed by atoms with Crippen LogP contribution in [0, 0.1) is 11.3 Å². The van der Waals surface area contributed by atoms with Gasteiger partial charge in [-0.05, 0) is 37.0 Å². The molecule has 3 aromatic rings. The number of carbonyl (C=O) groups excluding carboxylic acids is 1. The van der Waals surface area contributed by atoms with Crippen LogP contribution in [0.25, 0.3) is 11.3 Å². The summed E-state index contributed by atoms with van der Waals surface area (Å²) in [5.74, 6) is -1.91. The number of halogens is 3. The molecule has 210 valence electrons. The molecule has 1 aromatic heterocycles. The Morgan fingerprint density at radius 3 is 2.50 bits per heavy atom. The van der Waals surface area contributed by atoms with E-state index < -0.39 is 29.7 Å². The molecule has 2 heterocycles. The third kappa shape index (κ3) is 7.13. The topological polar surface area (TPSA) is 142 Å². The molecule has 12 heteroatoms. The maximum atomic E-state index is 13.0. The van der Waals surface area contributed by atoms with Gasteiger partial charge in [0.2, 0.25) is 11.8 Å². The Labute approximate surface area is 228 Å². The van der Waals surface area contributed by atoms with Crippen LogP contribution >= 0.6 is 0 Å². The van der Waals surface area contributed by atoms with Gasteiger partial charge in [0.1, 0.15) is 12.4 Å². The summed E-state index contributed by atoms with van der Waals surface area (Å²) in [7, 11) is 0. The summed E-state index contributed by atoms with van der Waals surface area (Å²) in [5.41, 5.74) is 7.19. The lowest BCUT2D eigenvalue weighted by atomic mass is 10.0. The molecule has 4 rings (SSSR count). The molecule has 0 bridgehead atoms. The molecule has 0 radical (unpaired) electrons. The van der Waals surface area contributed by atoms with Crippen molar-refractivity contribution < 1.29 is 32.6 Å². The summed E-state index contributed by atoms with van der Waals surface area (Å²) in [5, 5.41) is 24.9. The third-order valence-corrected chi connectivity index (χ3v) is 6.72. The van der Waals surface area contributed by atoms with E-state index in [9.17, 15) is 27.9 Å². The second-order valence-electron chi connectivity index (χ2n) is 9.58. The Hall–Kier alpha value is -4.48. The largest absolute Gasteiger partial charge is 0.481 e. The molecule has 1 amide bonds. The van der Waals surface area contributed by atoms with E-state index in [2.05, 4.69) is 10.2 Å². The van der Waals surface area contributed by atoms with Crippen molar-refractivity contribution in [2.75, 3.05) is 13.2 Å². The highest BCUT2D eigenvalue weighted by atomic mass is 19.4. The molecule has 1 fully saturated rings. The Morgan fingerprint density at radius 1 is 1.12 bits per heavy atom. The maximum absolute atomic E-state index is 13.0. The summed E-state index contributed by atoms with van der Waals surface area (Å²) in [6.45, 7) is 0.312. The monoisotopic (exact) mass is 555 g/mol. The molecular formula is C28H28F3N5O4. The summed E-state index contributed by atoms with van der Waals surface area (Å²) in [4.78, 5) is 25.8. The smallest absolute Gasteiger partial charge is 0.416 e. The van der Waals surface area contributed by atoms with Crippen LogP contribution in [-0.4, -0.2) is 57.1 Å². The predicted octanol–water partition coefficient (Wildman–Crippen LogP) is 4.15. The van der Waals surface area contributed by atoms with Crippen LogP contribution in [-0.2, 0) is 22.2 Å². The second-order valence-corrected chi connectivity index (χ2v) is 9.58. The van der Waals surface area contributed by atoms with Crippen LogP contribution in [0.4, 0.5) is 13.2 Å². The number of aromatic nitrogens is 2. The first kappa shape index (κ1) is 28.5. The number of amides is 1. The van der Waals surface area contributed by atoms with Crippen molar-refractivity contribution in [1.82, 2.24) is 15.1 Å². The van der Waals surface area contributed by atoms with Gasteiger partial charge in [-0.1, -0.05) is 42.5 Å². The Morgan fingerprint density at radius 2 is 1.88 bits per heavy atom. The van der Waals surface area contributed by atoms with Crippen LogP contribution < -0.4 is 10.5 Å². The molecule has 0 aliphatic carbocycles. The molecular weight excluding hydrogens is 527 g/mol. The maximum Gasteiger partial charge on any atom is 0.416 e. The number of carboxylic acid groups (broad SMARTS) is 1. The van der Waals surface area contributed by atoms with Crippen LogP contribution in [0.1, 0.15) is 36.0 Å². The zero-order chi connectivity index (χ0) is 28.9. The van der Waals surface area contributed by atoms with Gasteiger partial charge in [-0.2, -0.15) is 13.2 Å².